The van der Waals surface area contributed by atoms with Gasteiger partial charge in [0.15, 0.2) is 0 Å². The Bertz CT molecular complexity index is 667. The first-order valence-corrected chi connectivity index (χ1v) is 8.15. The molecule has 3 unspecified atom stereocenters. The summed E-state index contributed by atoms with van der Waals surface area (Å²) in [6.45, 7) is 8.32. The number of pyridine rings is 1. The Morgan fingerprint density at radius 1 is 1.38 bits per heavy atom. The molecule has 2 fully saturated rings. The third-order valence-electron chi connectivity index (χ3n) is 6.30. The number of nitrogens with one attached hydrogen (secondary N) is 2. The van der Waals surface area contributed by atoms with E-state index in [2.05, 4.69) is 48.3 Å². The Kier molecular flexibility index (Phi) is 2.74. The first-order chi connectivity index (χ1) is 10.0. The average molecular weight is 283 g/mol. The summed E-state index contributed by atoms with van der Waals surface area (Å²) in [6, 6.07) is 4.79. The van der Waals surface area contributed by atoms with Gasteiger partial charge in [0.05, 0.1) is 0 Å². The van der Waals surface area contributed by atoms with Gasteiger partial charge in [-0.05, 0) is 53.7 Å². The van der Waals surface area contributed by atoms with Crippen LogP contribution in [-0.4, -0.2) is 16.0 Å². The molecule has 0 aliphatic heterocycles. The molecular formula is C18H25N3. The van der Waals surface area contributed by atoms with Gasteiger partial charge in [-0.3, -0.25) is 0 Å². The van der Waals surface area contributed by atoms with Crippen LogP contribution in [0.25, 0.3) is 11.0 Å². The third-order valence-corrected chi connectivity index (χ3v) is 6.30. The molecule has 3 heteroatoms. The summed E-state index contributed by atoms with van der Waals surface area (Å²) in [5, 5.41) is 5.14. The van der Waals surface area contributed by atoms with Crippen molar-refractivity contribution in [2.24, 2.45) is 16.7 Å². The lowest BCUT2D eigenvalue weighted by Gasteiger charge is -2.43. The van der Waals surface area contributed by atoms with Crippen molar-refractivity contribution in [3.8, 4) is 0 Å². The highest BCUT2D eigenvalue weighted by atomic mass is 15.0. The second-order valence-electron chi connectivity index (χ2n) is 7.94. The molecule has 2 aromatic heterocycles. The standard InChI is InChI=1S/C18H25N3/c1-17(2)13-6-7-18(3,9-13)16(17)21-11-12-10-20-15-14(12)5-4-8-19-15/h4-5,8,10,13,16,21H,6-7,9,11H2,1-3H3,(H,19,20). The minimum atomic E-state index is 0.414. The number of aromatic amines is 1. The molecule has 0 amide bonds. The van der Waals surface area contributed by atoms with Gasteiger partial charge in [0.2, 0.25) is 0 Å². The smallest absolute Gasteiger partial charge is 0.137 e. The molecule has 112 valence electrons. The van der Waals surface area contributed by atoms with E-state index in [1.165, 1.54) is 30.2 Å². The maximum absolute atomic E-state index is 4.38. The minimum absolute atomic E-state index is 0.414. The molecule has 2 aromatic rings. The predicted molar refractivity (Wildman–Crippen MR) is 86.0 cm³/mol. The molecule has 2 bridgehead atoms. The van der Waals surface area contributed by atoms with Crippen molar-refractivity contribution in [1.29, 1.82) is 0 Å². The van der Waals surface area contributed by atoms with Gasteiger partial charge in [-0.2, -0.15) is 0 Å². The van der Waals surface area contributed by atoms with Crippen LogP contribution in [0.3, 0.4) is 0 Å². The molecule has 0 saturated heterocycles. The molecule has 4 rings (SSSR count). The van der Waals surface area contributed by atoms with Crippen molar-refractivity contribution in [2.45, 2.75) is 52.6 Å². The average Bonchev–Trinajstić information content (AvgIpc) is 3.08. The Morgan fingerprint density at radius 3 is 3.00 bits per heavy atom. The summed E-state index contributed by atoms with van der Waals surface area (Å²) in [4.78, 5) is 7.66. The zero-order valence-electron chi connectivity index (χ0n) is 13.2. The van der Waals surface area contributed by atoms with Crippen molar-refractivity contribution in [3.05, 3.63) is 30.1 Å². The molecule has 0 radical (unpaired) electrons. The largest absolute Gasteiger partial charge is 0.346 e. The van der Waals surface area contributed by atoms with Crippen LogP contribution in [0.5, 0.6) is 0 Å². The first kappa shape index (κ1) is 13.3. The van der Waals surface area contributed by atoms with Crippen LogP contribution in [0.2, 0.25) is 0 Å². The van der Waals surface area contributed by atoms with Crippen LogP contribution < -0.4 is 5.32 Å². The number of hydrogen-bond donors (Lipinski definition) is 2. The molecule has 21 heavy (non-hydrogen) atoms. The summed E-state index contributed by atoms with van der Waals surface area (Å²) in [5.74, 6) is 0.893. The lowest BCUT2D eigenvalue weighted by molar-refractivity contribution is 0.108. The van der Waals surface area contributed by atoms with Gasteiger partial charge in [-0.1, -0.05) is 20.8 Å². The van der Waals surface area contributed by atoms with Gasteiger partial charge in [-0.25, -0.2) is 4.98 Å². The molecular weight excluding hydrogens is 258 g/mol. The van der Waals surface area contributed by atoms with Gasteiger partial charge in [0, 0.05) is 30.4 Å². The van der Waals surface area contributed by atoms with Crippen LogP contribution in [0.4, 0.5) is 0 Å². The van der Waals surface area contributed by atoms with E-state index < -0.39 is 0 Å². The number of H-pyrrole nitrogens is 1. The Labute approximate surface area is 126 Å². The predicted octanol–water partition coefficient (Wildman–Crippen LogP) is 3.87. The van der Waals surface area contributed by atoms with E-state index >= 15 is 0 Å². The normalized spacial score (nSPS) is 33.9. The lowest BCUT2D eigenvalue weighted by atomic mass is 9.68. The second kappa shape index (κ2) is 4.33. The molecule has 2 aliphatic carbocycles. The molecule has 3 atom stereocenters. The van der Waals surface area contributed by atoms with E-state index in [1.807, 2.05) is 12.3 Å². The molecule has 2 saturated carbocycles. The molecule has 0 aromatic carbocycles. The van der Waals surface area contributed by atoms with E-state index in [0.717, 1.165) is 18.1 Å². The van der Waals surface area contributed by atoms with E-state index in [1.54, 1.807) is 0 Å². The Hall–Kier alpha value is -1.35. The first-order valence-electron chi connectivity index (χ1n) is 8.15. The van der Waals surface area contributed by atoms with Crippen molar-refractivity contribution in [3.63, 3.8) is 0 Å². The fourth-order valence-corrected chi connectivity index (χ4v) is 5.18. The van der Waals surface area contributed by atoms with Crippen LogP contribution in [0.15, 0.2) is 24.5 Å². The van der Waals surface area contributed by atoms with Gasteiger partial charge in [0.1, 0.15) is 5.65 Å². The summed E-state index contributed by atoms with van der Waals surface area (Å²) in [6.07, 6.45) is 8.14. The molecule has 3 nitrogen and oxygen atoms in total. The van der Waals surface area contributed by atoms with E-state index in [-0.39, 0.29) is 0 Å². The summed E-state index contributed by atoms with van der Waals surface area (Å²) in [5.41, 5.74) is 3.23. The minimum Gasteiger partial charge on any atom is -0.346 e. The van der Waals surface area contributed by atoms with Gasteiger partial charge < -0.3 is 10.3 Å². The Balaban J connectivity index is 1.57. The number of rotatable bonds is 3. The number of aromatic nitrogens is 2. The second-order valence-corrected chi connectivity index (χ2v) is 7.94. The van der Waals surface area contributed by atoms with E-state index in [4.69, 9.17) is 0 Å². The zero-order chi connectivity index (χ0) is 14.7. The van der Waals surface area contributed by atoms with Crippen molar-refractivity contribution in [2.75, 3.05) is 0 Å². The number of nitrogens with zero attached hydrogens (tertiary/aromatic N) is 1. The fraction of sp³-hybridized carbons (Fsp3) is 0.611. The Morgan fingerprint density at radius 2 is 2.24 bits per heavy atom. The highest BCUT2D eigenvalue weighted by Crippen LogP contribution is 2.62. The molecule has 2 heterocycles. The fourth-order valence-electron chi connectivity index (χ4n) is 5.18. The number of fused-ring (bicyclic) bond motifs is 3. The molecule has 2 N–H and O–H groups in total. The highest BCUT2D eigenvalue weighted by molar-refractivity contribution is 5.79. The summed E-state index contributed by atoms with van der Waals surface area (Å²) in [7, 11) is 0. The lowest BCUT2D eigenvalue weighted by Crippen LogP contribution is -2.49. The van der Waals surface area contributed by atoms with Crippen LogP contribution in [-0.2, 0) is 6.54 Å². The maximum atomic E-state index is 4.38. The maximum Gasteiger partial charge on any atom is 0.137 e. The van der Waals surface area contributed by atoms with Gasteiger partial charge in [-0.15, -0.1) is 0 Å². The molecule has 0 spiro atoms. The van der Waals surface area contributed by atoms with Crippen LogP contribution in [0, 0.1) is 16.7 Å². The van der Waals surface area contributed by atoms with E-state index in [9.17, 15) is 0 Å². The summed E-state index contributed by atoms with van der Waals surface area (Å²) >= 11 is 0. The zero-order valence-corrected chi connectivity index (χ0v) is 13.2. The van der Waals surface area contributed by atoms with E-state index in [0.29, 0.717) is 16.9 Å². The SMILES string of the molecule is CC12CCC(C1)C(C)(C)C2NCc1c[nH]c2ncccc12. The quantitative estimate of drug-likeness (QED) is 0.898. The molecule has 2 aliphatic rings. The number of hydrogen-bond acceptors (Lipinski definition) is 2. The van der Waals surface area contributed by atoms with Crippen LogP contribution >= 0.6 is 0 Å². The monoisotopic (exact) mass is 283 g/mol. The third kappa shape index (κ3) is 1.87. The van der Waals surface area contributed by atoms with Crippen molar-refractivity contribution in [1.82, 2.24) is 15.3 Å². The highest BCUT2D eigenvalue weighted by Gasteiger charge is 2.58. The summed E-state index contributed by atoms with van der Waals surface area (Å²) < 4.78 is 0. The van der Waals surface area contributed by atoms with Crippen LogP contribution in [0.1, 0.15) is 45.6 Å². The van der Waals surface area contributed by atoms with Crippen molar-refractivity contribution >= 4 is 11.0 Å². The topological polar surface area (TPSA) is 40.7 Å². The van der Waals surface area contributed by atoms with Gasteiger partial charge >= 0.3 is 0 Å². The van der Waals surface area contributed by atoms with Crippen molar-refractivity contribution < 1.29 is 0 Å². The van der Waals surface area contributed by atoms with Gasteiger partial charge in [0.25, 0.3) is 0 Å².